The first-order valence-corrected chi connectivity index (χ1v) is 7.15. The molecule has 0 aliphatic heterocycles. The summed E-state index contributed by atoms with van der Waals surface area (Å²) < 4.78 is 10.7. The van der Waals surface area contributed by atoms with Gasteiger partial charge in [0.2, 0.25) is 0 Å². The van der Waals surface area contributed by atoms with Crippen LogP contribution in [0.4, 0.5) is 0 Å². The third-order valence-corrected chi connectivity index (χ3v) is 3.32. The molecule has 5 nitrogen and oxygen atoms in total. The predicted molar refractivity (Wildman–Crippen MR) is 81.2 cm³/mol. The summed E-state index contributed by atoms with van der Waals surface area (Å²) in [4.78, 5) is 2.13. The minimum atomic E-state index is -0.615. The van der Waals surface area contributed by atoms with E-state index in [9.17, 15) is 5.11 Å². The van der Waals surface area contributed by atoms with E-state index in [1.807, 2.05) is 13.0 Å². The molecule has 116 valence electrons. The summed E-state index contributed by atoms with van der Waals surface area (Å²) in [6, 6.07) is 9.33. The van der Waals surface area contributed by atoms with Gasteiger partial charge < -0.3 is 14.6 Å². The normalized spacial score (nSPS) is 13.7. The molecule has 0 aromatic heterocycles. The Labute approximate surface area is 126 Å². The standard InChI is InChI=1S/C16H24N2O3/c1-4-18(13(2)11-20-3)10-15(19)12-21-16-8-6-5-7-14(16)9-17/h5-8,13,15,19H,4,10-12H2,1-3H3. The van der Waals surface area contributed by atoms with Crippen LogP contribution in [-0.4, -0.2) is 55.6 Å². The first kappa shape index (κ1) is 17.4. The molecule has 0 saturated carbocycles. The van der Waals surface area contributed by atoms with Gasteiger partial charge in [-0.2, -0.15) is 5.26 Å². The van der Waals surface area contributed by atoms with Gasteiger partial charge in [0.15, 0.2) is 0 Å². The van der Waals surface area contributed by atoms with Crippen LogP contribution in [0.25, 0.3) is 0 Å². The lowest BCUT2D eigenvalue weighted by Gasteiger charge is -2.29. The predicted octanol–water partition coefficient (Wildman–Crippen LogP) is 1.65. The molecule has 21 heavy (non-hydrogen) atoms. The van der Waals surface area contributed by atoms with Crippen molar-refractivity contribution in [2.45, 2.75) is 26.0 Å². The van der Waals surface area contributed by atoms with E-state index in [0.717, 1.165) is 6.54 Å². The Balaban J connectivity index is 2.49. The van der Waals surface area contributed by atoms with Crippen molar-refractivity contribution >= 4 is 0 Å². The highest BCUT2D eigenvalue weighted by atomic mass is 16.5. The van der Waals surface area contributed by atoms with Crippen LogP contribution in [0, 0.1) is 11.3 Å². The van der Waals surface area contributed by atoms with Gasteiger partial charge in [0.25, 0.3) is 0 Å². The highest BCUT2D eigenvalue weighted by Crippen LogP contribution is 2.16. The highest BCUT2D eigenvalue weighted by Gasteiger charge is 2.17. The van der Waals surface area contributed by atoms with Crippen molar-refractivity contribution in [3.63, 3.8) is 0 Å². The van der Waals surface area contributed by atoms with Gasteiger partial charge in [-0.15, -0.1) is 0 Å². The summed E-state index contributed by atoms with van der Waals surface area (Å²) >= 11 is 0. The molecule has 2 atom stereocenters. The number of likely N-dealkylation sites (N-methyl/N-ethyl adjacent to an activating group) is 1. The molecular weight excluding hydrogens is 268 g/mol. The highest BCUT2D eigenvalue weighted by molar-refractivity contribution is 5.42. The Hall–Kier alpha value is -1.61. The topological polar surface area (TPSA) is 65.7 Å². The Morgan fingerprint density at radius 1 is 1.33 bits per heavy atom. The fourth-order valence-corrected chi connectivity index (χ4v) is 2.16. The number of methoxy groups -OCH3 is 1. The maximum Gasteiger partial charge on any atom is 0.137 e. The van der Waals surface area contributed by atoms with Crippen LogP contribution >= 0.6 is 0 Å². The lowest BCUT2D eigenvalue weighted by Crippen LogP contribution is -2.42. The second kappa shape index (κ2) is 9.35. The van der Waals surface area contributed by atoms with Crippen molar-refractivity contribution in [3.8, 4) is 11.8 Å². The number of hydrogen-bond donors (Lipinski definition) is 1. The largest absolute Gasteiger partial charge is 0.489 e. The number of aliphatic hydroxyl groups is 1. The van der Waals surface area contributed by atoms with Crippen molar-refractivity contribution in [2.75, 3.05) is 33.4 Å². The summed E-state index contributed by atoms with van der Waals surface area (Å²) in [5, 5.41) is 19.1. The SMILES string of the molecule is CCN(CC(O)COc1ccccc1C#N)C(C)COC. The molecule has 1 rings (SSSR count). The van der Waals surface area contributed by atoms with Gasteiger partial charge in [-0.25, -0.2) is 0 Å². The molecule has 1 aromatic rings. The number of rotatable bonds is 9. The molecule has 0 saturated heterocycles. The number of benzene rings is 1. The van der Waals surface area contributed by atoms with Gasteiger partial charge in [0, 0.05) is 19.7 Å². The molecular formula is C16H24N2O3. The van der Waals surface area contributed by atoms with E-state index in [-0.39, 0.29) is 12.6 Å². The van der Waals surface area contributed by atoms with E-state index in [2.05, 4.69) is 17.9 Å². The molecule has 5 heteroatoms. The van der Waals surface area contributed by atoms with E-state index < -0.39 is 6.10 Å². The molecule has 0 aliphatic carbocycles. The van der Waals surface area contributed by atoms with E-state index >= 15 is 0 Å². The van der Waals surface area contributed by atoms with Gasteiger partial charge >= 0.3 is 0 Å². The molecule has 0 spiro atoms. The zero-order valence-electron chi connectivity index (χ0n) is 13.0. The first-order valence-electron chi connectivity index (χ1n) is 7.15. The fourth-order valence-electron chi connectivity index (χ4n) is 2.16. The van der Waals surface area contributed by atoms with Crippen LogP contribution in [0.2, 0.25) is 0 Å². The maximum atomic E-state index is 10.1. The zero-order valence-corrected chi connectivity index (χ0v) is 13.0. The Morgan fingerprint density at radius 3 is 2.67 bits per heavy atom. The third-order valence-electron chi connectivity index (χ3n) is 3.32. The van der Waals surface area contributed by atoms with E-state index in [1.165, 1.54) is 0 Å². The minimum Gasteiger partial charge on any atom is -0.489 e. The van der Waals surface area contributed by atoms with E-state index in [1.54, 1.807) is 25.3 Å². The third kappa shape index (κ3) is 5.72. The number of para-hydroxylation sites is 1. The molecule has 0 aliphatic rings. The van der Waals surface area contributed by atoms with Crippen LogP contribution < -0.4 is 4.74 Å². The van der Waals surface area contributed by atoms with Crippen molar-refractivity contribution in [3.05, 3.63) is 29.8 Å². The quantitative estimate of drug-likeness (QED) is 0.750. The number of nitriles is 1. The average Bonchev–Trinajstić information content (AvgIpc) is 2.50. The Kier molecular flexibility index (Phi) is 7.76. The molecule has 1 aromatic carbocycles. The summed E-state index contributed by atoms with van der Waals surface area (Å²) in [6.45, 7) is 6.23. The second-order valence-electron chi connectivity index (χ2n) is 4.96. The molecule has 0 bridgehead atoms. The van der Waals surface area contributed by atoms with Gasteiger partial charge in [0.1, 0.15) is 24.5 Å². The van der Waals surface area contributed by atoms with Crippen LogP contribution in [0.5, 0.6) is 5.75 Å². The molecule has 0 fully saturated rings. The average molecular weight is 292 g/mol. The first-order chi connectivity index (χ1) is 10.1. The van der Waals surface area contributed by atoms with Crippen molar-refractivity contribution in [1.29, 1.82) is 5.26 Å². The molecule has 0 heterocycles. The number of hydrogen-bond acceptors (Lipinski definition) is 5. The number of nitrogens with zero attached hydrogens (tertiary/aromatic N) is 2. The summed E-state index contributed by atoms with van der Waals surface area (Å²) in [5.74, 6) is 0.507. The van der Waals surface area contributed by atoms with Gasteiger partial charge in [-0.3, -0.25) is 4.90 Å². The molecule has 1 N–H and O–H groups in total. The van der Waals surface area contributed by atoms with E-state index in [4.69, 9.17) is 14.7 Å². The summed E-state index contributed by atoms with van der Waals surface area (Å²) in [5.41, 5.74) is 0.477. The second-order valence-corrected chi connectivity index (χ2v) is 4.96. The maximum absolute atomic E-state index is 10.1. The van der Waals surface area contributed by atoms with Crippen molar-refractivity contribution in [2.24, 2.45) is 0 Å². The summed E-state index contributed by atoms with van der Waals surface area (Å²) in [6.07, 6.45) is -0.615. The minimum absolute atomic E-state index is 0.162. The van der Waals surface area contributed by atoms with E-state index in [0.29, 0.717) is 24.5 Å². The van der Waals surface area contributed by atoms with Crippen LogP contribution in [0.3, 0.4) is 0 Å². The smallest absolute Gasteiger partial charge is 0.137 e. The Morgan fingerprint density at radius 2 is 2.05 bits per heavy atom. The van der Waals surface area contributed by atoms with Crippen LogP contribution in [-0.2, 0) is 4.74 Å². The van der Waals surface area contributed by atoms with Crippen molar-refractivity contribution < 1.29 is 14.6 Å². The lowest BCUT2D eigenvalue weighted by molar-refractivity contribution is 0.0368. The molecule has 0 radical (unpaired) electrons. The molecule has 2 unspecified atom stereocenters. The van der Waals surface area contributed by atoms with Crippen molar-refractivity contribution in [1.82, 2.24) is 4.90 Å². The van der Waals surface area contributed by atoms with Crippen LogP contribution in [0.1, 0.15) is 19.4 Å². The number of aliphatic hydroxyl groups excluding tert-OH is 1. The Bertz CT molecular complexity index is 459. The number of ether oxygens (including phenoxy) is 2. The van der Waals surface area contributed by atoms with Gasteiger partial charge in [-0.1, -0.05) is 19.1 Å². The van der Waals surface area contributed by atoms with Crippen LogP contribution in [0.15, 0.2) is 24.3 Å². The monoisotopic (exact) mass is 292 g/mol. The van der Waals surface area contributed by atoms with Gasteiger partial charge in [0.05, 0.1) is 12.2 Å². The lowest BCUT2D eigenvalue weighted by atomic mass is 10.2. The summed E-state index contributed by atoms with van der Waals surface area (Å²) in [7, 11) is 1.67. The van der Waals surface area contributed by atoms with Gasteiger partial charge in [-0.05, 0) is 25.6 Å². The fraction of sp³-hybridized carbons (Fsp3) is 0.562. The molecule has 0 amide bonds. The zero-order chi connectivity index (χ0) is 15.7.